The summed E-state index contributed by atoms with van der Waals surface area (Å²) in [7, 11) is -4.03. The van der Waals surface area contributed by atoms with Crippen LogP contribution in [0.4, 0.5) is 5.69 Å². The lowest BCUT2D eigenvalue weighted by Crippen LogP contribution is -2.40. The Morgan fingerprint density at radius 1 is 1.03 bits per heavy atom. The van der Waals surface area contributed by atoms with Crippen LogP contribution in [0.2, 0.25) is 10.0 Å². The maximum absolute atomic E-state index is 13.4. The molecule has 1 N–H and O–H groups in total. The maximum Gasteiger partial charge on any atom is 0.264 e. The van der Waals surface area contributed by atoms with Gasteiger partial charge < -0.3 is 0 Å². The minimum atomic E-state index is -4.03. The fourth-order valence-corrected chi connectivity index (χ4v) is 4.85. The van der Waals surface area contributed by atoms with Gasteiger partial charge in [0.1, 0.15) is 6.54 Å². The number of hydrogen-bond acceptors (Lipinski definition) is 4. The number of rotatable bonds is 7. The Kier molecular flexibility index (Phi) is 7.56. The van der Waals surface area contributed by atoms with Gasteiger partial charge in [0.2, 0.25) is 0 Å². The molecular formula is C23H21Cl2N3O3S. The van der Waals surface area contributed by atoms with E-state index in [9.17, 15) is 13.2 Å². The Balaban J connectivity index is 1.90. The lowest BCUT2D eigenvalue weighted by Gasteiger charge is -2.25. The number of carbonyl (C=O) groups excluding carboxylic acids is 1. The van der Waals surface area contributed by atoms with Gasteiger partial charge in [-0.2, -0.15) is 5.10 Å². The number of nitrogens with zero attached hydrogens (tertiary/aromatic N) is 2. The summed E-state index contributed by atoms with van der Waals surface area (Å²) in [5.41, 5.74) is 4.86. The van der Waals surface area contributed by atoms with Crippen LogP contribution in [0, 0.1) is 13.8 Å². The maximum atomic E-state index is 13.4. The SMILES string of the molecule is Cc1ccc(S(=O)(=O)N(CC(=O)N/N=C/c2ccccc2Cl)c2ccc(Cl)cc2C)cc1. The number of hydrazone groups is 1. The first-order chi connectivity index (χ1) is 15.2. The van der Waals surface area contributed by atoms with E-state index in [2.05, 4.69) is 10.5 Å². The molecule has 0 aromatic heterocycles. The minimum Gasteiger partial charge on any atom is -0.271 e. The van der Waals surface area contributed by atoms with Crippen LogP contribution < -0.4 is 9.73 Å². The molecule has 0 heterocycles. The van der Waals surface area contributed by atoms with E-state index >= 15 is 0 Å². The summed E-state index contributed by atoms with van der Waals surface area (Å²) in [6, 6.07) is 18.2. The van der Waals surface area contributed by atoms with Crippen LogP contribution in [0.3, 0.4) is 0 Å². The zero-order chi connectivity index (χ0) is 23.3. The monoisotopic (exact) mass is 489 g/mol. The molecule has 32 heavy (non-hydrogen) atoms. The van der Waals surface area contributed by atoms with Gasteiger partial charge in [0.15, 0.2) is 0 Å². The molecule has 3 rings (SSSR count). The molecule has 0 aliphatic heterocycles. The van der Waals surface area contributed by atoms with E-state index in [1.807, 2.05) is 6.92 Å². The van der Waals surface area contributed by atoms with Gasteiger partial charge in [-0.15, -0.1) is 0 Å². The summed E-state index contributed by atoms with van der Waals surface area (Å²) in [5.74, 6) is -0.613. The minimum absolute atomic E-state index is 0.0739. The predicted molar refractivity (Wildman–Crippen MR) is 129 cm³/mol. The zero-order valence-corrected chi connectivity index (χ0v) is 19.7. The van der Waals surface area contributed by atoms with Crippen LogP contribution in [0.25, 0.3) is 0 Å². The van der Waals surface area contributed by atoms with E-state index in [0.29, 0.717) is 26.9 Å². The highest BCUT2D eigenvalue weighted by Crippen LogP contribution is 2.29. The molecular weight excluding hydrogens is 469 g/mol. The van der Waals surface area contributed by atoms with Crippen LogP contribution in [0.1, 0.15) is 16.7 Å². The third-order valence-electron chi connectivity index (χ3n) is 4.62. The summed E-state index contributed by atoms with van der Waals surface area (Å²) in [6.45, 7) is 3.12. The third-order valence-corrected chi connectivity index (χ3v) is 6.98. The first kappa shape index (κ1) is 23.8. The van der Waals surface area contributed by atoms with Gasteiger partial charge in [-0.25, -0.2) is 13.8 Å². The summed E-state index contributed by atoms with van der Waals surface area (Å²) >= 11 is 12.1. The lowest BCUT2D eigenvalue weighted by molar-refractivity contribution is -0.119. The molecule has 1 amide bonds. The van der Waals surface area contributed by atoms with Crippen molar-refractivity contribution in [3.05, 3.63) is 93.5 Å². The van der Waals surface area contributed by atoms with Crippen molar-refractivity contribution < 1.29 is 13.2 Å². The second-order valence-electron chi connectivity index (χ2n) is 7.07. The topological polar surface area (TPSA) is 78.8 Å². The molecule has 0 saturated carbocycles. The fourth-order valence-electron chi connectivity index (χ4n) is 2.96. The second-order valence-corrected chi connectivity index (χ2v) is 9.78. The van der Waals surface area contributed by atoms with E-state index in [0.717, 1.165) is 9.87 Å². The summed E-state index contributed by atoms with van der Waals surface area (Å²) in [5, 5.41) is 4.84. The van der Waals surface area contributed by atoms with Gasteiger partial charge in [-0.1, -0.05) is 59.1 Å². The molecule has 0 spiro atoms. The predicted octanol–water partition coefficient (Wildman–Crippen LogP) is 4.96. The van der Waals surface area contributed by atoms with Crippen LogP contribution >= 0.6 is 23.2 Å². The van der Waals surface area contributed by atoms with E-state index in [4.69, 9.17) is 23.2 Å². The molecule has 3 aromatic carbocycles. The number of anilines is 1. The molecule has 0 fully saturated rings. The highest BCUT2D eigenvalue weighted by Gasteiger charge is 2.28. The average molecular weight is 490 g/mol. The van der Waals surface area contributed by atoms with Gasteiger partial charge in [0, 0.05) is 15.6 Å². The number of benzene rings is 3. The van der Waals surface area contributed by atoms with Crippen molar-refractivity contribution >= 4 is 51.0 Å². The number of halogens is 2. The van der Waals surface area contributed by atoms with Crippen LogP contribution in [-0.2, 0) is 14.8 Å². The van der Waals surface area contributed by atoms with E-state index in [-0.39, 0.29) is 4.90 Å². The second kappa shape index (κ2) is 10.2. The van der Waals surface area contributed by atoms with Crippen LogP contribution in [0.15, 0.2) is 76.7 Å². The number of sulfonamides is 1. The molecule has 6 nitrogen and oxygen atoms in total. The van der Waals surface area contributed by atoms with E-state index in [1.165, 1.54) is 18.3 Å². The largest absolute Gasteiger partial charge is 0.271 e. The third kappa shape index (κ3) is 5.68. The molecule has 166 valence electrons. The summed E-state index contributed by atoms with van der Waals surface area (Å²) in [6.07, 6.45) is 1.40. The Morgan fingerprint density at radius 2 is 1.72 bits per heavy atom. The molecule has 0 saturated heterocycles. The standard InChI is InChI=1S/C23H21Cl2N3O3S/c1-16-7-10-20(11-8-16)32(30,31)28(22-12-9-19(24)13-17(22)2)15-23(29)27-26-14-18-5-3-4-6-21(18)25/h3-14H,15H2,1-2H3,(H,27,29)/b26-14+. The first-order valence-electron chi connectivity index (χ1n) is 9.60. The van der Waals surface area contributed by atoms with Crippen molar-refractivity contribution in [1.29, 1.82) is 0 Å². The number of nitrogens with one attached hydrogen (secondary N) is 1. The van der Waals surface area contributed by atoms with Gasteiger partial charge >= 0.3 is 0 Å². The Hall–Kier alpha value is -2.87. The molecule has 0 unspecified atom stereocenters. The molecule has 0 bridgehead atoms. The Morgan fingerprint density at radius 3 is 2.38 bits per heavy atom. The van der Waals surface area contributed by atoms with Crippen molar-refractivity contribution in [3.63, 3.8) is 0 Å². The fraction of sp³-hybridized carbons (Fsp3) is 0.130. The van der Waals surface area contributed by atoms with Crippen molar-refractivity contribution in [2.45, 2.75) is 18.7 Å². The molecule has 3 aromatic rings. The van der Waals surface area contributed by atoms with Gasteiger partial charge in [-0.3, -0.25) is 9.10 Å². The number of aryl methyl sites for hydroxylation is 2. The van der Waals surface area contributed by atoms with Crippen molar-refractivity contribution in [2.75, 3.05) is 10.8 Å². The number of amides is 1. The summed E-state index contributed by atoms with van der Waals surface area (Å²) < 4.78 is 27.9. The van der Waals surface area contributed by atoms with Gasteiger partial charge in [-0.05, 0) is 55.8 Å². The molecule has 0 radical (unpaired) electrons. The Bertz CT molecular complexity index is 1260. The number of hydrogen-bond donors (Lipinski definition) is 1. The average Bonchev–Trinajstić information content (AvgIpc) is 2.74. The quantitative estimate of drug-likeness (QED) is 0.376. The van der Waals surface area contributed by atoms with E-state index < -0.39 is 22.5 Å². The van der Waals surface area contributed by atoms with Crippen molar-refractivity contribution in [2.24, 2.45) is 5.10 Å². The van der Waals surface area contributed by atoms with E-state index in [1.54, 1.807) is 61.5 Å². The normalized spacial score (nSPS) is 11.5. The summed E-state index contributed by atoms with van der Waals surface area (Å²) in [4.78, 5) is 12.7. The van der Waals surface area contributed by atoms with Crippen molar-refractivity contribution in [3.8, 4) is 0 Å². The Labute approximate surface area is 197 Å². The first-order valence-corrected chi connectivity index (χ1v) is 11.8. The zero-order valence-electron chi connectivity index (χ0n) is 17.4. The lowest BCUT2D eigenvalue weighted by atomic mass is 10.2. The number of carbonyl (C=O) groups is 1. The molecule has 0 aliphatic carbocycles. The smallest absolute Gasteiger partial charge is 0.264 e. The van der Waals surface area contributed by atoms with Crippen LogP contribution in [0.5, 0.6) is 0 Å². The van der Waals surface area contributed by atoms with Crippen LogP contribution in [-0.4, -0.2) is 27.1 Å². The van der Waals surface area contributed by atoms with Gasteiger partial charge in [0.05, 0.1) is 16.8 Å². The highest BCUT2D eigenvalue weighted by molar-refractivity contribution is 7.92. The molecule has 0 atom stereocenters. The van der Waals surface area contributed by atoms with Crippen molar-refractivity contribution in [1.82, 2.24) is 5.43 Å². The molecule has 9 heteroatoms. The molecule has 0 aliphatic rings. The highest BCUT2D eigenvalue weighted by atomic mass is 35.5. The van der Waals surface area contributed by atoms with Gasteiger partial charge in [0.25, 0.3) is 15.9 Å².